The summed E-state index contributed by atoms with van der Waals surface area (Å²) < 4.78 is 0. The van der Waals surface area contributed by atoms with Crippen LogP contribution >= 0.6 is 11.8 Å². The van der Waals surface area contributed by atoms with Crippen molar-refractivity contribution in [1.29, 1.82) is 0 Å². The Kier molecular flexibility index (Phi) is 3.90. The van der Waals surface area contributed by atoms with Crippen LogP contribution in [0.2, 0.25) is 0 Å². The molecule has 0 aliphatic heterocycles. The summed E-state index contributed by atoms with van der Waals surface area (Å²) in [6, 6.07) is 0. The van der Waals surface area contributed by atoms with Crippen LogP contribution in [0.3, 0.4) is 0 Å². The highest BCUT2D eigenvalue weighted by molar-refractivity contribution is 8.03. The Balaban J connectivity index is 3.28. The van der Waals surface area contributed by atoms with E-state index in [1.807, 2.05) is 0 Å². The minimum Gasteiger partial charge on any atom is -0.481 e. The highest BCUT2D eigenvalue weighted by Crippen LogP contribution is 2.11. The predicted octanol–water partition coefficient (Wildman–Crippen LogP) is 0.765. The maximum Gasteiger partial charge on any atom is 0.313 e. The van der Waals surface area contributed by atoms with Gasteiger partial charge < -0.3 is 9.99 Å². The van der Waals surface area contributed by atoms with Crippen LogP contribution in [0.1, 0.15) is 0 Å². The molecule has 0 rings (SSSR count). The first kappa shape index (κ1) is 8.32. The van der Waals surface area contributed by atoms with Crippen LogP contribution < -0.4 is 0 Å². The van der Waals surface area contributed by atoms with Gasteiger partial charge in [0.1, 0.15) is 0 Å². The summed E-state index contributed by atoms with van der Waals surface area (Å²) in [4.78, 5) is 13.4. The van der Waals surface area contributed by atoms with Gasteiger partial charge in [0.05, 0.1) is 5.75 Å². The average Bonchev–Trinajstić information content (AvgIpc) is 1.83. The SMILES string of the molecule is C=C(OO)SCC(=O)O. The first-order valence-electron chi connectivity index (χ1n) is 2.01. The maximum atomic E-state index is 9.82. The molecule has 4 nitrogen and oxygen atoms in total. The summed E-state index contributed by atoms with van der Waals surface area (Å²) in [6.45, 7) is 3.17. The van der Waals surface area contributed by atoms with Crippen molar-refractivity contribution in [2.24, 2.45) is 0 Å². The number of hydrogen-bond acceptors (Lipinski definition) is 4. The molecule has 0 aliphatic carbocycles. The largest absolute Gasteiger partial charge is 0.481 e. The van der Waals surface area contributed by atoms with Crippen LogP contribution in [0.25, 0.3) is 0 Å². The number of thioether (sulfide) groups is 1. The molecule has 2 N–H and O–H groups in total. The van der Waals surface area contributed by atoms with Gasteiger partial charge in [-0.15, -0.1) is 0 Å². The van der Waals surface area contributed by atoms with E-state index in [0.29, 0.717) is 0 Å². The van der Waals surface area contributed by atoms with Gasteiger partial charge in [-0.2, -0.15) is 0 Å². The third-order valence-corrected chi connectivity index (χ3v) is 1.25. The minimum absolute atomic E-state index is 0.0163. The fraction of sp³-hybridized carbons (Fsp3) is 0.250. The van der Waals surface area contributed by atoms with Gasteiger partial charge in [-0.25, -0.2) is 5.26 Å². The summed E-state index contributed by atoms with van der Waals surface area (Å²) in [5.74, 6) is -1.13. The van der Waals surface area contributed by atoms with Crippen molar-refractivity contribution in [3.8, 4) is 0 Å². The second kappa shape index (κ2) is 4.22. The van der Waals surface area contributed by atoms with E-state index < -0.39 is 5.97 Å². The van der Waals surface area contributed by atoms with Crippen LogP contribution in [-0.2, 0) is 9.68 Å². The summed E-state index contributed by atoms with van der Waals surface area (Å²) in [6.07, 6.45) is 0. The zero-order chi connectivity index (χ0) is 7.28. The second-order valence-corrected chi connectivity index (χ2v) is 2.18. The average molecular weight is 150 g/mol. The van der Waals surface area contributed by atoms with Crippen LogP contribution in [0.4, 0.5) is 0 Å². The molecule has 5 heteroatoms. The molecule has 0 radical (unpaired) electrons. The molecule has 0 aromatic carbocycles. The zero-order valence-corrected chi connectivity index (χ0v) is 5.35. The molecule has 0 aromatic heterocycles. The third-order valence-electron chi connectivity index (χ3n) is 0.458. The number of hydrogen-bond donors (Lipinski definition) is 2. The number of rotatable bonds is 4. The van der Waals surface area contributed by atoms with E-state index in [9.17, 15) is 4.79 Å². The van der Waals surface area contributed by atoms with Crippen LogP contribution in [0.15, 0.2) is 11.7 Å². The number of carboxylic acids is 1. The van der Waals surface area contributed by atoms with Gasteiger partial charge >= 0.3 is 5.97 Å². The lowest BCUT2D eigenvalue weighted by atomic mass is 10.8. The molecule has 0 aromatic rings. The molecule has 0 atom stereocenters. The molecule has 0 saturated heterocycles. The quantitative estimate of drug-likeness (QED) is 0.352. The van der Waals surface area contributed by atoms with Crippen LogP contribution in [0, 0.1) is 0 Å². The third kappa shape index (κ3) is 5.19. The van der Waals surface area contributed by atoms with Gasteiger partial charge in [-0.1, -0.05) is 11.8 Å². The first-order chi connectivity index (χ1) is 4.16. The van der Waals surface area contributed by atoms with Crippen molar-refractivity contribution in [1.82, 2.24) is 0 Å². The molecular weight excluding hydrogens is 144 g/mol. The van der Waals surface area contributed by atoms with E-state index in [1.165, 1.54) is 0 Å². The highest BCUT2D eigenvalue weighted by Gasteiger charge is 1.99. The van der Waals surface area contributed by atoms with Gasteiger partial charge in [-0.3, -0.25) is 4.79 Å². The number of carbonyl (C=O) groups is 1. The molecule has 9 heavy (non-hydrogen) atoms. The van der Waals surface area contributed by atoms with Crippen LogP contribution in [0.5, 0.6) is 0 Å². The molecule has 0 fully saturated rings. The summed E-state index contributed by atoms with van der Waals surface area (Å²) in [7, 11) is 0. The van der Waals surface area contributed by atoms with Gasteiger partial charge in [0.25, 0.3) is 0 Å². The molecule has 0 spiro atoms. The fourth-order valence-electron chi connectivity index (χ4n) is 0.169. The van der Waals surface area contributed by atoms with Crippen molar-refractivity contribution >= 4 is 17.7 Å². The fourth-order valence-corrected chi connectivity index (χ4v) is 0.506. The second-order valence-electron chi connectivity index (χ2n) is 1.15. The molecule has 52 valence electrons. The zero-order valence-electron chi connectivity index (χ0n) is 4.53. The lowest BCUT2D eigenvalue weighted by Gasteiger charge is -1.95. The van der Waals surface area contributed by atoms with Crippen molar-refractivity contribution in [2.75, 3.05) is 5.75 Å². The number of carboxylic acid groups (broad SMARTS) is 1. The van der Waals surface area contributed by atoms with E-state index in [2.05, 4.69) is 11.5 Å². The van der Waals surface area contributed by atoms with E-state index in [0.717, 1.165) is 11.8 Å². The summed E-state index contributed by atoms with van der Waals surface area (Å²) in [5.41, 5.74) is 0. The smallest absolute Gasteiger partial charge is 0.313 e. The van der Waals surface area contributed by atoms with Gasteiger partial charge in [-0.05, 0) is 6.58 Å². The van der Waals surface area contributed by atoms with Crippen molar-refractivity contribution in [3.05, 3.63) is 11.7 Å². The Hall–Kier alpha value is -0.680. The topological polar surface area (TPSA) is 66.8 Å². The van der Waals surface area contributed by atoms with Gasteiger partial charge in [0.15, 0.2) is 5.09 Å². The minimum atomic E-state index is -0.974. The lowest BCUT2D eigenvalue weighted by Crippen LogP contribution is -1.98. The number of aliphatic carboxylic acids is 1. The molecular formula is C4H6O4S. The first-order valence-corrected chi connectivity index (χ1v) is 3.00. The molecule has 0 saturated carbocycles. The summed E-state index contributed by atoms with van der Waals surface area (Å²) in [5, 5.41) is 15.9. The van der Waals surface area contributed by atoms with Crippen LogP contribution in [-0.4, -0.2) is 22.1 Å². The predicted molar refractivity (Wildman–Crippen MR) is 32.9 cm³/mol. The Morgan fingerprint density at radius 2 is 2.33 bits per heavy atom. The van der Waals surface area contributed by atoms with E-state index >= 15 is 0 Å². The monoisotopic (exact) mass is 150 g/mol. The summed E-state index contributed by atoms with van der Waals surface area (Å²) >= 11 is 0.818. The van der Waals surface area contributed by atoms with Crippen molar-refractivity contribution < 1.29 is 20.0 Å². The molecule has 0 bridgehead atoms. The van der Waals surface area contributed by atoms with Crippen molar-refractivity contribution in [3.63, 3.8) is 0 Å². The van der Waals surface area contributed by atoms with E-state index in [4.69, 9.17) is 10.4 Å². The maximum absolute atomic E-state index is 9.82. The Bertz CT molecular complexity index is 122. The Morgan fingerprint density at radius 3 is 2.67 bits per heavy atom. The van der Waals surface area contributed by atoms with E-state index in [1.54, 1.807) is 0 Å². The van der Waals surface area contributed by atoms with Gasteiger partial charge in [0, 0.05) is 0 Å². The Labute approximate surface area is 56.1 Å². The molecule has 0 amide bonds. The normalized spacial score (nSPS) is 8.56. The lowest BCUT2D eigenvalue weighted by molar-refractivity contribution is -0.191. The standard InChI is InChI=1S/C4H6O4S/c1-3(8-7)9-2-4(5)6/h7H,1-2H2,(H,5,6). The van der Waals surface area contributed by atoms with Crippen molar-refractivity contribution in [2.45, 2.75) is 0 Å². The molecule has 0 unspecified atom stereocenters. The Morgan fingerprint density at radius 1 is 1.78 bits per heavy atom. The van der Waals surface area contributed by atoms with Gasteiger partial charge in [0.2, 0.25) is 0 Å². The molecule has 0 aliphatic rings. The van der Waals surface area contributed by atoms with E-state index in [-0.39, 0.29) is 10.8 Å². The molecule has 0 heterocycles. The highest BCUT2D eigenvalue weighted by atomic mass is 32.2.